The average molecular weight is 157 g/mol. The molecule has 3 nitrogen and oxygen atoms in total. The standard InChI is InChI=1S/C8H15NO2/c1-3-7(8(10)11)4-6(2)5-9/h3,6H,4-5,9H2,1-2H3,(H,10,11)/b7-3+. The first kappa shape index (κ1) is 10.2. The minimum absolute atomic E-state index is 0.247. The molecular formula is C8H15NO2. The third kappa shape index (κ3) is 3.78. The number of nitrogens with two attached hydrogens (primary N) is 1. The van der Waals surface area contributed by atoms with Crippen molar-refractivity contribution >= 4 is 5.97 Å². The van der Waals surface area contributed by atoms with E-state index in [-0.39, 0.29) is 5.92 Å². The maximum atomic E-state index is 10.5. The van der Waals surface area contributed by atoms with Crippen LogP contribution in [0.2, 0.25) is 0 Å². The molecule has 0 aromatic rings. The van der Waals surface area contributed by atoms with Gasteiger partial charge in [-0.1, -0.05) is 13.0 Å². The summed E-state index contributed by atoms with van der Waals surface area (Å²) >= 11 is 0. The second kappa shape index (κ2) is 4.91. The van der Waals surface area contributed by atoms with E-state index in [0.29, 0.717) is 18.5 Å². The van der Waals surface area contributed by atoms with Crippen molar-refractivity contribution in [3.05, 3.63) is 11.6 Å². The molecule has 0 saturated heterocycles. The highest BCUT2D eigenvalue weighted by molar-refractivity contribution is 5.86. The van der Waals surface area contributed by atoms with E-state index in [0.717, 1.165) is 0 Å². The molecule has 0 aromatic carbocycles. The summed E-state index contributed by atoms with van der Waals surface area (Å²) in [6, 6.07) is 0. The van der Waals surface area contributed by atoms with Crippen LogP contribution in [0.1, 0.15) is 20.3 Å². The van der Waals surface area contributed by atoms with Gasteiger partial charge in [0.25, 0.3) is 0 Å². The molecule has 0 fully saturated rings. The summed E-state index contributed by atoms with van der Waals surface area (Å²) in [5, 5.41) is 8.61. The predicted molar refractivity (Wildman–Crippen MR) is 44.2 cm³/mol. The molecular weight excluding hydrogens is 142 g/mol. The molecule has 1 unspecified atom stereocenters. The Bertz CT molecular complexity index is 163. The van der Waals surface area contributed by atoms with Crippen LogP contribution in [0.5, 0.6) is 0 Å². The van der Waals surface area contributed by atoms with E-state index in [1.165, 1.54) is 0 Å². The highest BCUT2D eigenvalue weighted by Gasteiger charge is 2.09. The van der Waals surface area contributed by atoms with E-state index in [1.54, 1.807) is 13.0 Å². The van der Waals surface area contributed by atoms with Crippen molar-refractivity contribution in [1.29, 1.82) is 0 Å². The minimum atomic E-state index is -0.840. The smallest absolute Gasteiger partial charge is 0.331 e. The Hall–Kier alpha value is -0.830. The van der Waals surface area contributed by atoms with Crippen LogP contribution in [0.15, 0.2) is 11.6 Å². The van der Waals surface area contributed by atoms with Gasteiger partial charge in [0, 0.05) is 5.57 Å². The molecule has 0 aromatic heterocycles. The van der Waals surface area contributed by atoms with Crippen molar-refractivity contribution in [1.82, 2.24) is 0 Å². The van der Waals surface area contributed by atoms with Crippen molar-refractivity contribution in [2.24, 2.45) is 11.7 Å². The maximum absolute atomic E-state index is 10.5. The van der Waals surface area contributed by atoms with Crippen molar-refractivity contribution < 1.29 is 9.90 Å². The van der Waals surface area contributed by atoms with Gasteiger partial charge in [0.05, 0.1) is 0 Å². The van der Waals surface area contributed by atoms with Gasteiger partial charge in [-0.2, -0.15) is 0 Å². The number of carbonyl (C=O) groups is 1. The van der Waals surface area contributed by atoms with Crippen LogP contribution < -0.4 is 5.73 Å². The molecule has 0 heterocycles. The van der Waals surface area contributed by atoms with Crippen LogP contribution in [-0.2, 0) is 4.79 Å². The second-order valence-electron chi connectivity index (χ2n) is 2.66. The Morgan fingerprint density at radius 2 is 2.27 bits per heavy atom. The summed E-state index contributed by atoms with van der Waals surface area (Å²) in [6.45, 7) is 4.20. The fourth-order valence-electron chi connectivity index (χ4n) is 0.787. The van der Waals surface area contributed by atoms with Crippen LogP contribution in [0.4, 0.5) is 0 Å². The summed E-state index contributed by atoms with van der Waals surface area (Å²) in [6.07, 6.45) is 2.18. The topological polar surface area (TPSA) is 63.3 Å². The van der Waals surface area contributed by atoms with Crippen LogP contribution in [0.3, 0.4) is 0 Å². The van der Waals surface area contributed by atoms with Gasteiger partial charge in [0.15, 0.2) is 0 Å². The molecule has 0 bridgehead atoms. The summed E-state index contributed by atoms with van der Waals surface area (Å²) in [4.78, 5) is 10.5. The van der Waals surface area contributed by atoms with Gasteiger partial charge in [-0.25, -0.2) is 4.79 Å². The maximum Gasteiger partial charge on any atom is 0.331 e. The first-order valence-corrected chi connectivity index (χ1v) is 3.70. The number of hydrogen-bond acceptors (Lipinski definition) is 2. The van der Waals surface area contributed by atoms with E-state index in [2.05, 4.69) is 0 Å². The van der Waals surface area contributed by atoms with E-state index in [9.17, 15) is 4.79 Å². The van der Waals surface area contributed by atoms with Gasteiger partial charge >= 0.3 is 5.97 Å². The lowest BCUT2D eigenvalue weighted by molar-refractivity contribution is -0.132. The molecule has 0 aliphatic carbocycles. The number of aliphatic carboxylic acids is 1. The number of allylic oxidation sites excluding steroid dienone is 1. The monoisotopic (exact) mass is 157 g/mol. The SMILES string of the molecule is C/C=C(\CC(C)CN)C(=O)O. The second-order valence-corrected chi connectivity index (χ2v) is 2.66. The lowest BCUT2D eigenvalue weighted by Crippen LogP contribution is -2.14. The first-order valence-electron chi connectivity index (χ1n) is 3.70. The third-order valence-electron chi connectivity index (χ3n) is 1.59. The summed E-state index contributed by atoms with van der Waals surface area (Å²) in [5.74, 6) is -0.593. The van der Waals surface area contributed by atoms with E-state index < -0.39 is 5.97 Å². The zero-order valence-corrected chi connectivity index (χ0v) is 7.00. The van der Waals surface area contributed by atoms with E-state index in [4.69, 9.17) is 10.8 Å². The molecule has 0 aliphatic heterocycles. The molecule has 0 aliphatic rings. The molecule has 11 heavy (non-hydrogen) atoms. The largest absolute Gasteiger partial charge is 0.478 e. The zero-order valence-electron chi connectivity index (χ0n) is 7.00. The number of carboxylic acids is 1. The van der Waals surface area contributed by atoms with Gasteiger partial charge in [-0.05, 0) is 25.8 Å². The molecule has 3 heteroatoms. The van der Waals surface area contributed by atoms with Crippen molar-refractivity contribution in [2.75, 3.05) is 6.54 Å². The highest BCUT2D eigenvalue weighted by atomic mass is 16.4. The molecule has 0 amide bonds. The van der Waals surface area contributed by atoms with Gasteiger partial charge in [-0.3, -0.25) is 0 Å². The fourth-order valence-corrected chi connectivity index (χ4v) is 0.787. The minimum Gasteiger partial charge on any atom is -0.478 e. The summed E-state index contributed by atoms with van der Waals surface area (Å²) in [5.41, 5.74) is 5.80. The number of carboxylic acid groups (broad SMARTS) is 1. The van der Waals surface area contributed by atoms with Crippen molar-refractivity contribution in [3.63, 3.8) is 0 Å². The lowest BCUT2D eigenvalue weighted by atomic mass is 10.0. The third-order valence-corrected chi connectivity index (χ3v) is 1.59. The zero-order chi connectivity index (χ0) is 8.85. The fraction of sp³-hybridized carbons (Fsp3) is 0.625. The highest BCUT2D eigenvalue weighted by Crippen LogP contribution is 2.09. The quantitative estimate of drug-likeness (QED) is 0.598. The van der Waals surface area contributed by atoms with Crippen LogP contribution in [0, 0.1) is 5.92 Å². The predicted octanol–water partition coefficient (Wildman–Crippen LogP) is 1.00. The van der Waals surface area contributed by atoms with E-state index in [1.807, 2.05) is 6.92 Å². The summed E-state index contributed by atoms with van der Waals surface area (Å²) < 4.78 is 0. The number of rotatable bonds is 4. The molecule has 64 valence electrons. The Balaban J connectivity index is 4.00. The molecule has 0 spiro atoms. The Kier molecular flexibility index (Phi) is 4.54. The lowest BCUT2D eigenvalue weighted by Gasteiger charge is -2.07. The first-order chi connectivity index (χ1) is 5.11. The van der Waals surface area contributed by atoms with Crippen LogP contribution >= 0.6 is 0 Å². The summed E-state index contributed by atoms with van der Waals surface area (Å²) in [7, 11) is 0. The van der Waals surface area contributed by atoms with Gasteiger partial charge in [0.1, 0.15) is 0 Å². The Morgan fingerprint density at radius 3 is 2.55 bits per heavy atom. The number of hydrogen-bond donors (Lipinski definition) is 2. The van der Waals surface area contributed by atoms with Gasteiger partial charge < -0.3 is 10.8 Å². The van der Waals surface area contributed by atoms with E-state index >= 15 is 0 Å². The van der Waals surface area contributed by atoms with Crippen LogP contribution in [-0.4, -0.2) is 17.6 Å². The van der Waals surface area contributed by atoms with Crippen molar-refractivity contribution in [2.45, 2.75) is 20.3 Å². The normalized spacial score (nSPS) is 14.6. The molecule has 3 N–H and O–H groups in total. The molecule has 0 rings (SSSR count). The average Bonchev–Trinajstić information content (AvgIpc) is 1.99. The molecule has 0 saturated carbocycles. The van der Waals surface area contributed by atoms with Crippen molar-refractivity contribution in [3.8, 4) is 0 Å². The Labute approximate surface area is 66.9 Å². The van der Waals surface area contributed by atoms with Gasteiger partial charge in [0.2, 0.25) is 0 Å². The molecule has 1 atom stereocenters. The molecule has 0 radical (unpaired) electrons. The van der Waals surface area contributed by atoms with Crippen LogP contribution in [0.25, 0.3) is 0 Å². The van der Waals surface area contributed by atoms with Gasteiger partial charge in [-0.15, -0.1) is 0 Å². The Morgan fingerprint density at radius 1 is 1.73 bits per heavy atom.